The summed E-state index contributed by atoms with van der Waals surface area (Å²) in [6, 6.07) is 6.20. The van der Waals surface area contributed by atoms with E-state index in [0.29, 0.717) is 0 Å². The molecule has 0 saturated carbocycles. The second kappa shape index (κ2) is 8.49. The van der Waals surface area contributed by atoms with Crippen LogP contribution in [-0.2, 0) is 11.3 Å². The molecule has 0 bridgehead atoms. The van der Waals surface area contributed by atoms with Crippen LogP contribution in [0.5, 0.6) is 0 Å². The normalized spacial score (nSPS) is 10.4. The van der Waals surface area contributed by atoms with Gasteiger partial charge in [-0.25, -0.2) is 4.57 Å². The van der Waals surface area contributed by atoms with Crippen molar-refractivity contribution in [1.82, 2.24) is 0 Å². The van der Waals surface area contributed by atoms with Crippen molar-refractivity contribution < 1.29 is 27.6 Å². The average Bonchev–Trinajstić information content (AvgIpc) is 2.30. The van der Waals surface area contributed by atoms with E-state index in [1.807, 2.05) is 0 Å². The van der Waals surface area contributed by atoms with E-state index in [0.717, 1.165) is 6.54 Å². The molecule has 0 aliphatic rings. The topological polar surface area (TPSA) is 44.0 Å². The fraction of sp³-hybridized carbons (Fsp3) is 0.500. The fourth-order valence-corrected chi connectivity index (χ4v) is 1.13. The van der Waals surface area contributed by atoms with Crippen LogP contribution < -0.4 is 9.67 Å². The van der Waals surface area contributed by atoms with E-state index < -0.39 is 12.1 Å². The molecule has 0 amide bonds. The molecule has 6 heteroatoms. The number of aromatic nitrogens is 1. The number of pyridine rings is 1. The van der Waals surface area contributed by atoms with Crippen LogP contribution in [0.25, 0.3) is 0 Å². The molecule has 1 heterocycles. The number of carbonyl (C=O) groups is 1. The number of aryl methyl sites for hydroxylation is 1. The van der Waals surface area contributed by atoms with Crippen molar-refractivity contribution in [3.63, 3.8) is 0 Å². The predicted octanol–water partition coefficient (Wildman–Crippen LogP) is 1.46. The number of hydrogen-bond acceptors (Lipinski definition) is 2. The highest BCUT2D eigenvalue weighted by atomic mass is 19.4. The molecule has 1 aromatic heterocycles. The lowest BCUT2D eigenvalue weighted by Gasteiger charge is -2.03. The molecule has 0 unspecified atom stereocenters. The number of aliphatic carboxylic acids is 1. The van der Waals surface area contributed by atoms with Gasteiger partial charge in [0.15, 0.2) is 12.4 Å². The summed E-state index contributed by atoms with van der Waals surface area (Å²) in [5, 5.41) is 8.78. The second-order valence-corrected chi connectivity index (χ2v) is 3.61. The molecule has 0 aliphatic heterocycles. The van der Waals surface area contributed by atoms with Crippen LogP contribution in [0.15, 0.2) is 30.6 Å². The molecule has 0 aliphatic carbocycles. The van der Waals surface area contributed by atoms with Gasteiger partial charge in [0, 0.05) is 18.6 Å². The Morgan fingerprint density at radius 2 is 1.67 bits per heavy atom. The van der Waals surface area contributed by atoms with Crippen LogP contribution in [0.4, 0.5) is 13.2 Å². The lowest BCUT2D eigenvalue weighted by molar-refractivity contribution is -0.697. The zero-order chi connectivity index (χ0) is 14.0. The van der Waals surface area contributed by atoms with Crippen LogP contribution in [0, 0.1) is 0 Å². The van der Waals surface area contributed by atoms with Gasteiger partial charge in [0.25, 0.3) is 0 Å². The predicted molar refractivity (Wildman–Crippen MR) is 57.2 cm³/mol. The molecule has 0 spiro atoms. The zero-order valence-corrected chi connectivity index (χ0v) is 10.1. The number of alkyl halides is 3. The molecule has 0 saturated heterocycles. The van der Waals surface area contributed by atoms with Gasteiger partial charge in [-0.15, -0.1) is 0 Å². The maximum atomic E-state index is 10.5. The Labute approximate surface area is 104 Å². The number of carboxylic acids is 1. The smallest absolute Gasteiger partial charge is 0.430 e. The van der Waals surface area contributed by atoms with Gasteiger partial charge in [0.1, 0.15) is 12.5 Å². The molecule has 0 fully saturated rings. The van der Waals surface area contributed by atoms with E-state index in [4.69, 9.17) is 9.90 Å². The van der Waals surface area contributed by atoms with Crippen LogP contribution >= 0.6 is 0 Å². The van der Waals surface area contributed by atoms with Gasteiger partial charge >= 0.3 is 6.18 Å². The second-order valence-electron chi connectivity index (χ2n) is 3.61. The average molecular weight is 263 g/mol. The first kappa shape index (κ1) is 16.4. The Hall–Kier alpha value is -1.59. The van der Waals surface area contributed by atoms with Crippen LogP contribution in [0.1, 0.15) is 26.2 Å². The first-order chi connectivity index (χ1) is 8.38. The van der Waals surface area contributed by atoms with Crippen molar-refractivity contribution in [2.45, 2.75) is 38.9 Å². The highest BCUT2D eigenvalue weighted by Crippen LogP contribution is 2.11. The van der Waals surface area contributed by atoms with Gasteiger partial charge < -0.3 is 9.90 Å². The summed E-state index contributed by atoms with van der Waals surface area (Å²) in [6.07, 6.45) is 2.98. The van der Waals surface area contributed by atoms with Crippen molar-refractivity contribution in [3.8, 4) is 0 Å². The Morgan fingerprint density at radius 1 is 1.17 bits per heavy atom. The zero-order valence-electron chi connectivity index (χ0n) is 10.1. The maximum Gasteiger partial charge on any atom is 0.430 e. The standard InChI is InChI=1S/C10H16N.C2HF3O2/c1-2-3-5-8-11-9-6-4-7-10-11;3-2(4,5)1(6)7/h4,6-7,9-10H,2-3,5,8H2,1H3;(H,6,7)/q+1;/p-1. The number of rotatable bonds is 4. The number of unbranched alkanes of at least 4 members (excludes halogenated alkanes) is 2. The van der Waals surface area contributed by atoms with Crippen LogP contribution in [0.2, 0.25) is 0 Å². The lowest BCUT2D eigenvalue weighted by Crippen LogP contribution is -2.37. The van der Waals surface area contributed by atoms with Gasteiger partial charge in [-0.2, -0.15) is 13.2 Å². The maximum absolute atomic E-state index is 10.5. The first-order valence-electron chi connectivity index (χ1n) is 5.60. The van der Waals surface area contributed by atoms with Crippen molar-refractivity contribution in [1.29, 1.82) is 0 Å². The highest BCUT2D eigenvalue weighted by Gasteiger charge is 2.28. The molecular weight excluding hydrogens is 247 g/mol. The molecule has 102 valence electrons. The van der Waals surface area contributed by atoms with E-state index in [1.54, 1.807) is 0 Å². The minimum atomic E-state index is -5.19. The van der Waals surface area contributed by atoms with Gasteiger partial charge in [0.05, 0.1) is 0 Å². The van der Waals surface area contributed by atoms with Gasteiger partial charge in [-0.3, -0.25) is 0 Å². The summed E-state index contributed by atoms with van der Waals surface area (Å²) in [5.74, 6) is -3.01. The van der Waals surface area contributed by atoms with E-state index in [9.17, 15) is 13.2 Å². The Morgan fingerprint density at radius 3 is 2.06 bits per heavy atom. The Kier molecular flexibility index (Phi) is 7.74. The largest absolute Gasteiger partial charge is 0.542 e. The summed E-state index contributed by atoms with van der Waals surface area (Å²) < 4.78 is 33.8. The third-order valence-corrected chi connectivity index (χ3v) is 2.03. The minimum Gasteiger partial charge on any atom is -0.542 e. The Bertz CT molecular complexity index is 339. The summed E-state index contributed by atoms with van der Waals surface area (Å²) in [6.45, 7) is 3.39. The van der Waals surface area contributed by atoms with Crippen molar-refractivity contribution in [2.24, 2.45) is 0 Å². The van der Waals surface area contributed by atoms with E-state index >= 15 is 0 Å². The van der Waals surface area contributed by atoms with Crippen LogP contribution in [0.3, 0.4) is 0 Å². The van der Waals surface area contributed by atoms with Crippen molar-refractivity contribution in [2.75, 3.05) is 0 Å². The Balaban J connectivity index is 0.000000360. The van der Waals surface area contributed by atoms with Gasteiger partial charge in [-0.1, -0.05) is 19.4 Å². The number of nitrogens with zero attached hydrogens (tertiary/aromatic N) is 1. The van der Waals surface area contributed by atoms with Crippen molar-refractivity contribution in [3.05, 3.63) is 30.6 Å². The highest BCUT2D eigenvalue weighted by molar-refractivity contribution is 5.70. The van der Waals surface area contributed by atoms with E-state index in [-0.39, 0.29) is 0 Å². The summed E-state index contributed by atoms with van der Waals surface area (Å²) >= 11 is 0. The van der Waals surface area contributed by atoms with E-state index in [1.165, 1.54) is 19.3 Å². The van der Waals surface area contributed by atoms with E-state index in [2.05, 4.69) is 42.1 Å². The SMILES string of the molecule is CCCCC[n+]1ccccc1.O=C([O-])C(F)(F)F. The number of carboxylic acid groups (broad SMARTS) is 1. The summed E-state index contributed by atoms with van der Waals surface area (Å²) in [4.78, 5) is 8.78. The monoisotopic (exact) mass is 263 g/mol. The molecule has 1 aromatic rings. The molecule has 3 nitrogen and oxygen atoms in total. The molecule has 18 heavy (non-hydrogen) atoms. The number of halogens is 3. The third kappa shape index (κ3) is 8.55. The number of carbonyl (C=O) groups excluding carboxylic acids is 1. The molecule has 0 aromatic carbocycles. The quantitative estimate of drug-likeness (QED) is 0.610. The lowest BCUT2D eigenvalue weighted by atomic mass is 10.2. The molecule has 0 atom stereocenters. The molecule has 1 rings (SSSR count). The summed E-state index contributed by atoms with van der Waals surface area (Å²) in [7, 11) is 0. The number of hydrogen-bond donors (Lipinski definition) is 0. The molecule has 0 radical (unpaired) electrons. The first-order valence-corrected chi connectivity index (χ1v) is 5.60. The van der Waals surface area contributed by atoms with Crippen molar-refractivity contribution >= 4 is 5.97 Å². The molecular formula is C12H16F3NO2. The summed E-state index contributed by atoms with van der Waals surface area (Å²) in [5.41, 5.74) is 0. The minimum absolute atomic E-state index is 1.16. The fourth-order valence-electron chi connectivity index (χ4n) is 1.13. The van der Waals surface area contributed by atoms with Gasteiger partial charge in [-0.05, 0) is 6.42 Å². The molecule has 0 N–H and O–H groups in total. The third-order valence-electron chi connectivity index (χ3n) is 2.03. The van der Waals surface area contributed by atoms with Gasteiger partial charge in [0.2, 0.25) is 0 Å². The van der Waals surface area contributed by atoms with Crippen LogP contribution in [-0.4, -0.2) is 12.1 Å².